The van der Waals surface area contributed by atoms with Crippen LogP contribution in [0.3, 0.4) is 0 Å². The number of carbonyl (C=O) groups excluding carboxylic acids is 1. The fourth-order valence-corrected chi connectivity index (χ4v) is 4.77. The van der Waals surface area contributed by atoms with Gasteiger partial charge in [-0.05, 0) is 67.4 Å². The number of aromatic nitrogens is 2. The third-order valence-corrected chi connectivity index (χ3v) is 6.63. The molecule has 1 amide bonds. The summed E-state index contributed by atoms with van der Waals surface area (Å²) in [6.45, 7) is 4.13. The largest absolute Gasteiger partial charge is 0.494 e. The van der Waals surface area contributed by atoms with Gasteiger partial charge in [0.25, 0.3) is 0 Å². The van der Waals surface area contributed by atoms with Crippen molar-refractivity contribution in [2.75, 3.05) is 18.1 Å². The number of rotatable bonds is 7. The van der Waals surface area contributed by atoms with Crippen LogP contribution in [0, 0.1) is 6.92 Å². The molecule has 3 aromatic carbocycles. The van der Waals surface area contributed by atoms with Crippen molar-refractivity contribution in [1.82, 2.24) is 9.55 Å². The van der Waals surface area contributed by atoms with E-state index >= 15 is 0 Å². The van der Waals surface area contributed by atoms with Crippen molar-refractivity contribution in [3.05, 3.63) is 88.7 Å². The molecule has 1 fully saturated rings. The normalized spacial score (nSPS) is 16.0. The van der Waals surface area contributed by atoms with Gasteiger partial charge in [0.15, 0.2) is 0 Å². The molecule has 0 radical (unpaired) electrons. The lowest BCUT2D eigenvalue weighted by Gasteiger charge is -2.17. The zero-order valence-electron chi connectivity index (χ0n) is 18.6. The first kappa shape index (κ1) is 21.7. The van der Waals surface area contributed by atoms with Crippen LogP contribution in [0.5, 0.6) is 5.75 Å². The SMILES string of the molecule is Cc1cccc(OCCCn2c(C3CC(=O)N(c4ccc(Br)cc4)C3)nc3ccccc32)c1. The first-order valence-electron chi connectivity index (χ1n) is 11.3. The quantitative estimate of drug-likeness (QED) is 0.286. The van der Waals surface area contributed by atoms with Crippen LogP contribution in [0.1, 0.15) is 30.1 Å². The topological polar surface area (TPSA) is 47.4 Å². The highest BCUT2D eigenvalue weighted by Gasteiger charge is 2.34. The van der Waals surface area contributed by atoms with Crippen molar-refractivity contribution in [3.8, 4) is 5.75 Å². The molecule has 33 heavy (non-hydrogen) atoms. The summed E-state index contributed by atoms with van der Waals surface area (Å²) in [7, 11) is 0. The van der Waals surface area contributed by atoms with Crippen LogP contribution in [-0.4, -0.2) is 28.6 Å². The van der Waals surface area contributed by atoms with E-state index in [0.717, 1.165) is 45.7 Å². The molecule has 0 aliphatic carbocycles. The number of para-hydroxylation sites is 2. The molecule has 1 unspecified atom stereocenters. The third-order valence-electron chi connectivity index (χ3n) is 6.10. The van der Waals surface area contributed by atoms with Crippen LogP contribution < -0.4 is 9.64 Å². The maximum Gasteiger partial charge on any atom is 0.227 e. The van der Waals surface area contributed by atoms with Crippen molar-refractivity contribution in [2.45, 2.75) is 32.2 Å². The van der Waals surface area contributed by atoms with Gasteiger partial charge in [0, 0.05) is 35.6 Å². The average Bonchev–Trinajstić information content (AvgIpc) is 3.38. The number of benzene rings is 3. The lowest BCUT2D eigenvalue weighted by atomic mass is 10.1. The molecule has 0 N–H and O–H groups in total. The Morgan fingerprint density at radius 1 is 1.06 bits per heavy atom. The van der Waals surface area contributed by atoms with E-state index in [0.29, 0.717) is 19.6 Å². The highest BCUT2D eigenvalue weighted by atomic mass is 79.9. The van der Waals surface area contributed by atoms with Crippen LogP contribution in [0.2, 0.25) is 0 Å². The monoisotopic (exact) mass is 503 g/mol. The number of imidazole rings is 1. The van der Waals surface area contributed by atoms with Crippen molar-refractivity contribution in [2.24, 2.45) is 0 Å². The van der Waals surface area contributed by atoms with Gasteiger partial charge in [-0.1, -0.05) is 40.2 Å². The summed E-state index contributed by atoms with van der Waals surface area (Å²) in [5, 5.41) is 0. The Morgan fingerprint density at radius 2 is 1.88 bits per heavy atom. The molecule has 1 aliphatic heterocycles. The van der Waals surface area contributed by atoms with Gasteiger partial charge in [0.1, 0.15) is 11.6 Å². The molecule has 0 bridgehead atoms. The van der Waals surface area contributed by atoms with E-state index in [1.165, 1.54) is 5.56 Å². The molecule has 4 aromatic rings. The van der Waals surface area contributed by atoms with Crippen LogP contribution in [-0.2, 0) is 11.3 Å². The molecular formula is C27H26BrN3O2. The van der Waals surface area contributed by atoms with Crippen molar-refractivity contribution in [3.63, 3.8) is 0 Å². The Bertz CT molecular complexity index is 1280. The van der Waals surface area contributed by atoms with Gasteiger partial charge in [-0.2, -0.15) is 0 Å². The average molecular weight is 504 g/mol. The number of amides is 1. The minimum atomic E-state index is 0.0613. The van der Waals surface area contributed by atoms with Crippen molar-refractivity contribution < 1.29 is 9.53 Å². The Morgan fingerprint density at radius 3 is 2.70 bits per heavy atom. The third kappa shape index (κ3) is 4.67. The van der Waals surface area contributed by atoms with E-state index in [-0.39, 0.29) is 11.8 Å². The van der Waals surface area contributed by atoms with Crippen LogP contribution in [0.15, 0.2) is 77.3 Å². The predicted molar refractivity (Wildman–Crippen MR) is 135 cm³/mol. The number of hydrogen-bond donors (Lipinski definition) is 0. The standard InChI is InChI=1S/C27H26BrN3O2/c1-19-6-4-7-23(16-19)33-15-5-14-30-25-9-3-2-8-24(25)29-27(30)20-17-26(32)31(18-20)22-12-10-21(28)11-13-22/h2-4,6-13,16,20H,5,14-15,17-18H2,1H3. The molecule has 168 valence electrons. The van der Waals surface area contributed by atoms with Gasteiger partial charge in [0.05, 0.1) is 17.6 Å². The minimum Gasteiger partial charge on any atom is -0.494 e. The highest BCUT2D eigenvalue weighted by molar-refractivity contribution is 9.10. The van der Waals surface area contributed by atoms with E-state index in [1.807, 2.05) is 59.5 Å². The Balaban J connectivity index is 1.34. The number of fused-ring (bicyclic) bond motifs is 1. The molecule has 1 atom stereocenters. The number of nitrogens with zero attached hydrogens (tertiary/aromatic N) is 3. The van der Waals surface area contributed by atoms with Crippen molar-refractivity contribution >= 4 is 38.6 Å². The summed E-state index contributed by atoms with van der Waals surface area (Å²) in [6.07, 6.45) is 1.33. The molecule has 2 heterocycles. The lowest BCUT2D eigenvalue weighted by molar-refractivity contribution is -0.117. The molecule has 6 heteroatoms. The Labute approximate surface area is 202 Å². The maximum absolute atomic E-state index is 12.9. The first-order valence-corrected chi connectivity index (χ1v) is 12.1. The predicted octanol–water partition coefficient (Wildman–Crippen LogP) is 6.10. The van der Waals surface area contributed by atoms with Crippen LogP contribution in [0.25, 0.3) is 11.0 Å². The van der Waals surface area contributed by atoms with E-state index in [4.69, 9.17) is 9.72 Å². The summed E-state index contributed by atoms with van der Waals surface area (Å²) in [6, 6.07) is 24.2. The number of carbonyl (C=O) groups is 1. The highest BCUT2D eigenvalue weighted by Crippen LogP contribution is 2.33. The summed E-state index contributed by atoms with van der Waals surface area (Å²) in [4.78, 5) is 19.7. The second-order valence-electron chi connectivity index (χ2n) is 8.51. The van der Waals surface area contributed by atoms with E-state index in [9.17, 15) is 4.79 Å². The van der Waals surface area contributed by atoms with Gasteiger partial charge in [-0.25, -0.2) is 4.98 Å². The van der Waals surface area contributed by atoms with Crippen LogP contribution in [0.4, 0.5) is 5.69 Å². The van der Waals surface area contributed by atoms with Gasteiger partial charge in [-0.15, -0.1) is 0 Å². The molecule has 5 rings (SSSR count). The summed E-state index contributed by atoms with van der Waals surface area (Å²) in [5.41, 5.74) is 4.20. The number of hydrogen-bond acceptors (Lipinski definition) is 3. The Hall–Kier alpha value is -3.12. The summed E-state index contributed by atoms with van der Waals surface area (Å²) >= 11 is 3.47. The maximum atomic E-state index is 12.9. The minimum absolute atomic E-state index is 0.0613. The summed E-state index contributed by atoms with van der Waals surface area (Å²) in [5.74, 6) is 2.09. The molecule has 5 nitrogen and oxygen atoms in total. The van der Waals surface area contributed by atoms with Gasteiger partial charge in [0.2, 0.25) is 5.91 Å². The fraction of sp³-hybridized carbons (Fsp3) is 0.259. The fourth-order valence-electron chi connectivity index (χ4n) is 4.51. The zero-order valence-corrected chi connectivity index (χ0v) is 20.2. The molecule has 1 saturated heterocycles. The molecule has 1 aromatic heterocycles. The number of aryl methyl sites for hydroxylation is 2. The molecule has 0 saturated carbocycles. The molecule has 0 spiro atoms. The van der Waals surface area contributed by atoms with Gasteiger partial charge >= 0.3 is 0 Å². The molecular weight excluding hydrogens is 478 g/mol. The van der Waals surface area contributed by atoms with Gasteiger partial charge < -0.3 is 14.2 Å². The zero-order chi connectivity index (χ0) is 22.8. The van der Waals surface area contributed by atoms with E-state index < -0.39 is 0 Å². The number of anilines is 1. The van der Waals surface area contributed by atoms with Crippen LogP contribution >= 0.6 is 15.9 Å². The first-order chi connectivity index (χ1) is 16.1. The Kier molecular flexibility index (Phi) is 6.18. The van der Waals surface area contributed by atoms with Crippen molar-refractivity contribution in [1.29, 1.82) is 0 Å². The smallest absolute Gasteiger partial charge is 0.227 e. The van der Waals surface area contributed by atoms with Gasteiger partial charge in [-0.3, -0.25) is 4.79 Å². The summed E-state index contributed by atoms with van der Waals surface area (Å²) < 4.78 is 9.24. The molecule has 1 aliphatic rings. The number of ether oxygens (including phenoxy) is 1. The number of halogens is 1. The second-order valence-corrected chi connectivity index (χ2v) is 9.43. The second kappa shape index (κ2) is 9.40. The van der Waals surface area contributed by atoms with E-state index in [1.54, 1.807) is 0 Å². The lowest BCUT2D eigenvalue weighted by Crippen LogP contribution is -2.24. The van der Waals surface area contributed by atoms with E-state index in [2.05, 4.69) is 45.6 Å².